The van der Waals surface area contributed by atoms with Crippen LogP contribution in [-0.4, -0.2) is 10.6 Å². The number of fused-ring (bicyclic) bond motifs is 1. The standard InChI is InChI=1S/C21H22N4O/c1-15(2)14-25-9-8-18-11-19(6-7-20(18)25)24-21(26)23-13-17-5-3-4-16(10-17)12-22/h3-11,15H,13-14H2,1-2H3,(H2,23,24,26). The molecule has 0 fully saturated rings. The fourth-order valence-electron chi connectivity index (χ4n) is 2.94. The number of aromatic nitrogens is 1. The highest BCUT2D eigenvalue weighted by Crippen LogP contribution is 2.21. The molecular weight excluding hydrogens is 324 g/mol. The third-order valence-electron chi connectivity index (χ3n) is 4.10. The van der Waals surface area contributed by atoms with Crippen LogP contribution in [0.25, 0.3) is 10.9 Å². The summed E-state index contributed by atoms with van der Waals surface area (Å²) in [5.74, 6) is 0.578. The summed E-state index contributed by atoms with van der Waals surface area (Å²) in [4.78, 5) is 12.1. The number of hydrogen-bond acceptors (Lipinski definition) is 2. The van der Waals surface area contributed by atoms with Crippen LogP contribution in [0.4, 0.5) is 10.5 Å². The SMILES string of the molecule is CC(C)Cn1ccc2cc(NC(=O)NCc3cccc(C#N)c3)ccc21. The summed E-state index contributed by atoms with van der Waals surface area (Å²) in [6.45, 7) is 5.73. The van der Waals surface area contributed by atoms with Crippen LogP contribution in [0.15, 0.2) is 54.7 Å². The Balaban J connectivity index is 1.63. The van der Waals surface area contributed by atoms with Crippen molar-refractivity contribution in [2.75, 3.05) is 5.32 Å². The number of amides is 2. The Labute approximate surface area is 153 Å². The number of hydrogen-bond donors (Lipinski definition) is 2. The zero-order valence-electron chi connectivity index (χ0n) is 15.0. The summed E-state index contributed by atoms with van der Waals surface area (Å²) in [6, 6.07) is 17.0. The number of carbonyl (C=O) groups is 1. The maximum absolute atomic E-state index is 12.1. The number of rotatable bonds is 5. The smallest absolute Gasteiger partial charge is 0.319 e. The molecule has 1 heterocycles. The van der Waals surface area contributed by atoms with E-state index in [4.69, 9.17) is 5.26 Å². The Morgan fingerprint density at radius 2 is 2.04 bits per heavy atom. The highest BCUT2D eigenvalue weighted by atomic mass is 16.2. The van der Waals surface area contributed by atoms with Gasteiger partial charge in [0.05, 0.1) is 11.6 Å². The minimum atomic E-state index is -0.270. The van der Waals surface area contributed by atoms with Gasteiger partial charge in [-0.15, -0.1) is 0 Å². The molecule has 2 N–H and O–H groups in total. The first kappa shape index (κ1) is 17.6. The molecule has 1 aromatic heterocycles. The Morgan fingerprint density at radius 3 is 2.81 bits per heavy atom. The predicted molar refractivity (Wildman–Crippen MR) is 104 cm³/mol. The van der Waals surface area contributed by atoms with Crippen LogP contribution < -0.4 is 10.6 Å². The van der Waals surface area contributed by atoms with E-state index in [0.717, 1.165) is 28.7 Å². The molecule has 0 atom stereocenters. The quantitative estimate of drug-likeness (QED) is 0.714. The van der Waals surface area contributed by atoms with E-state index in [2.05, 4.69) is 47.4 Å². The van der Waals surface area contributed by atoms with Gasteiger partial charge in [0.15, 0.2) is 0 Å². The number of anilines is 1. The van der Waals surface area contributed by atoms with Gasteiger partial charge >= 0.3 is 6.03 Å². The minimum Gasteiger partial charge on any atom is -0.347 e. The molecule has 0 saturated heterocycles. The van der Waals surface area contributed by atoms with Gasteiger partial charge in [0.1, 0.15) is 0 Å². The van der Waals surface area contributed by atoms with Gasteiger partial charge in [0.2, 0.25) is 0 Å². The van der Waals surface area contributed by atoms with Crippen molar-refractivity contribution in [2.24, 2.45) is 5.92 Å². The highest BCUT2D eigenvalue weighted by molar-refractivity contribution is 5.92. The monoisotopic (exact) mass is 346 g/mol. The van der Waals surface area contributed by atoms with Crippen molar-refractivity contribution < 1.29 is 4.79 Å². The van der Waals surface area contributed by atoms with Gasteiger partial charge in [-0.2, -0.15) is 5.26 Å². The Kier molecular flexibility index (Phi) is 5.23. The first-order valence-electron chi connectivity index (χ1n) is 8.68. The van der Waals surface area contributed by atoms with E-state index in [-0.39, 0.29) is 6.03 Å². The number of urea groups is 1. The number of nitriles is 1. The second-order valence-corrected chi connectivity index (χ2v) is 6.76. The van der Waals surface area contributed by atoms with Crippen LogP contribution in [0.5, 0.6) is 0 Å². The van der Waals surface area contributed by atoms with Crippen molar-refractivity contribution in [3.05, 3.63) is 65.9 Å². The molecule has 0 bridgehead atoms. The molecule has 2 amide bonds. The lowest BCUT2D eigenvalue weighted by atomic mass is 10.1. The lowest BCUT2D eigenvalue weighted by Gasteiger charge is -2.10. The lowest BCUT2D eigenvalue weighted by molar-refractivity contribution is 0.251. The second-order valence-electron chi connectivity index (χ2n) is 6.76. The normalized spacial score (nSPS) is 10.7. The van der Waals surface area contributed by atoms with Gasteiger partial charge < -0.3 is 15.2 Å². The van der Waals surface area contributed by atoms with Gasteiger partial charge in [-0.05, 0) is 47.9 Å². The zero-order valence-corrected chi connectivity index (χ0v) is 15.0. The fourth-order valence-corrected chi connectivity index (χ4v) is 2.94. The van der Waals surface area contributed by atoms with Crippen LogP contribution in [0.2, 0.25) is 0 Å². The average Bonchev–Trinajstić information content (AvgIpc) is 3.01. The summed E-state index contributed by atoms with van der Waals surface area (Å²) in [5.41, 5.74) is 3.39. The van der Waals surface area contributed by atoms with Gasteiger partial charge in [-0.3, -0.25) is 0 Å². The largest absolute Gasteiger partial charge is 0.347 e. The summed E-state index contributed by atoms with van der Waals surface area (Å²) in [6.07, 6.45) is 2.08. The molecule has 0 radical (unpaired) electrons. The number of nitrogens with one attached hydrogen (secondary N) is 2. The van der Waals surface area contributed by atoms with Crippen molar-refractivity contribution in [2.45, 2.75) is 26.9 Å². The molecule has 0 unspecified atom stereocenters. The van der Waals surface area contributed by atoms with Crippen LogP contribution in [0.3, 0.4) is 0 Å². The maximum Gasteiger partial charge on any atom is 0.319 e. The Bertz CT molecular complexity index is 966. The summed E-state index contributed by atoms with van der Waals surface area (Å²) in [5, 5.41) is 15.7. The Morgan fingerprint density at radius 1 is 1.19 bits per heavy atom. The topological polar surface area (TPSA) is 69.8 Å². The predicted octanol–water partition coefficient (Wildman–Crippen LogP) is 4.49. The molecule has 0 aliphatic heterocycles. The molecule has 0 aliphatic carbocycles. The van der Waals surface area contributed by atoms with E-state index in [0.29, 0.717) is 18.0 Å². The number of carbonyl (C=O) groups excluding carboxylic acids is 1. The molecule has 0 aliphatic rings. The Hall–Kier alpha value is -3.26. The molecule has 26 heavy (non-hydrogen) atoms. The van der Waals surface area contributed by atoms with Crippen molar-refractivity contribution in [3.8, 4) is 6.07 Å². The molecule has 3 aromatic rings. The third kappa shape index (κ3) is 4.22. The van der Waals surface area contributed by atoms with Crippen LogP contribution >= 0.6 is 0 Å². The third-order valence-corrected chi connectivity index (χ3v) is 4.10. The van der Waals surface area contributed by atoms with Crippen LogP contribution in [0.1, 0.15) is 25.0 Å². The minimum absolute atomic E-state index is 0.270. The van der Waals surface area contributed by atoms with E-state index in [9.17, 15) is 4.79 Å². The molecule has 3 rings (SSSR count). The summed E-state index contributed by atoms with van der Waals surface area (Å²) in [7, 11) is 0. The molecule has 5 heteroatoms. The summed E-state index contributed by atoms with van der Waals surface area (Å²) < 4.78 is 2.23. The average molecular weight is 346 g/mol. The fraction of sp³-hybridized carbons (Fsp3) is 0.238. The van der Waals surface area contributed by atoms with Crippen molar-refractivity contribution in [1.82, 2.24) is 9.88 Å². The maximum atomic E-state index is 12.1. The molecule has 0 saturated carbocycles. The molecule has 0 spiro atoms. The van der Waals surface area contributed by atoms with Crippen molar-refractivity contribution in [1.29, 1.82) is 5.26 Å². The van der Waals surface area contributed by atoms with E-state index in [1.165, 1.54) is 0 Å². The van der Waals surface area contributed by atoms with E-state index in [1.807, 2.05) is 30.3 Å². The first-order chi connectivity index (χ1) is 12.5. The van der Waals surface area contributed by atoms with Gasteiger partial charge in [0, 0.05) is 35.9 Å². The van der Waals surface area contributed by atoms with Crippen LogP contribution in [-0.2, 0) is 13.1 Å². The van der Waals surface area contributed by atoms with Crippen molar-refractivity contribution in [3.63, 3.8) is 0 Å². The van der Waals surface area contributed by atoms with Crippen LogP contribution in [0, 0.1) is 17.2 Å². The first-order valence-corrected chi connectivity index (χ1v) is 8.68. The molecule has 132 valence electrons. The number of nitrogens with zero attached hydrogens (tertiary/aromatic N) is 2. The van der Waals surface area contributed by atoms with Gasteiger partial charge in [-0.1, -0.05) is 26.0 Å². The highest BCUT2D eigenvalue weighted by Gasteiger charge is 2.06. The molecular formula is C21H22N4O. The zero-order chi connectivity index (χ0) is 18.5. The van der Waals surface area contributed by atoms with E-state index < -0.39 is 0 Å². The van der Waals surface area contributed by atoms with E-state index >= 15 is 0 Å². The van der Waals surface area contributed by atoms with Crippen molar-refractivity contribution >= 4 is 22.6 Å². The molecule has 2 aromatic carbocycles. The van der Waals surface area contributed by atoms with E-state index in [1.54, 1.807) is 12.1 Å². The molecule has 5 nitrogen and oxygen atoms in total. The lowest BCUT2D eigenvalue weighted by Crippen LogP contribution is -2.28. The summed E-state index contributed by atoms with van der Waals surface area (Å²) >= 11 is 0. The van der Waals surface area contributed by atoms with Gasteiger partial charge in [-0.25, -0.2) is 4.79 Å². The van der Waals surface area contributed by atoms with Gasteiger partial charge in [0.25, 0.3) is 0 Å². The number of benzene rings is 2. The second kappa shape index (κ2) is 7.75.